The standard InChI is InChI=1S/C17H16N6O2/c1-12(13-4-6-14(7-5-13)23-9-8-19-22-23)18-11-16-20-17(21-25-16)15-3-2-10-24-15/h2-10,12,18H,11H2,1H3/t12-/m1/s1. The zero-order valence-corrected chi connectivity index (χ0v) is 13.5. The summed E-state index contributed by atoms with van der Waals surface area (Å²) in [6, 6.07) is 11.8. The van der Waals surface area contributed by atoms with Crippen molar-refractivity contribution >= 4 is 0 Å². The van der Waals surface area contributed by atoms with Crippen LogP contribution in [0.1, 0.15) is 24.4 Å². The maximum atomic E-state index is 5.25. The van der Waals surface area contributed by atoms with Gasteiger partial charge in [0.1, 0.15) is 0 Å². The number of nitrogens with zero attached hydrogens (tertiary/aromatic N) is 5. The van der Waals surface area contributed by atoms with E-state index in [9.17, 15) is 0 Å². The number of hydrogen-bond donors (Lipinski definition) is 1. The Hall–Kier alpha value is -3.26. The Morgan fingerprint density at radius 3 is 2.80 bits per heavy atom. The van der Waals surface area contributed by atoms with Crippen LogP contribution >= 0.6 is 0 Å². The van der Waals surface area contributed by atoms with E-state index in [1.165, 1.54) is 0 Å². The molecule has 1 N–H and O–H groups in total. The van der Waals surface area contributed by atoms with E-state index in [2.05, 4.69) is 44.8 Å². The predicted molar refractivity (Wildman–Crippen MR) is 88.6 cm³/mol. The summed E-state index contributed by atoms with van der Waals surface area (Å²) in [7, 11) is 0. The SMILES string of the molecule is C[C@@H](NCc1nc(-c2ccco2)no1)c1ccc(-n2ccnn2)cc1. The second-order valence-corrected chi connectivity index (χ2v) is 5.53. The van der Waals surface area contributed by atoms with E-state index in [1.807, 2.05) is 18.3 Å². The van der Waals surface area contributed by atoms with Gasteiger partial charge in [-0.05, 0) is 36.8 Å². The molecular formula is C17H16N6O2. The van der Waals surface area contributed by atoms with Gasteiger partial charge in [0.05, 0.1) is 30.9 Å². The van der Waals surface area contributed by atoms with Gasteiger partial charge >= 0.3 is 0 Å². The van der Waals surface area contributed by atoms with E-state index >= 15 is 0 Å². The highest BCUT2D eigenvalue weighted by Crippen LogP contribution is 2.18. The summed E-state index contributed by atoms with van der Waals surface area (Å²) in [6.45, 7) is 2.55. The molecule has 0 aliphatic heterocycles. The first-order valence-corrected chi connectivity index (χ1v) is 7.86. The molecule has 0 aliphatic carbocycles. The largest absolute Gasteiger partial charge is 0.461 e. The first-order valence-electron chi connectivity index (χ1n) is 7.86. The molecule has 0 unspecified atom stereocenters. The molecule has 0 spiro atoms. The lowest BCUT2D eigenvalue weighted by Gasteiger charge is -2.13. The summed E-state index contributed by atoms with van der Waals surface area (Å²) in [5.74, 6) is 1.55. The Bertz CT molecular complexity index is 913. The highest BCUT2D eigenvalue weighted by molar-refractivity contribution is 5.44. The van der Waals surface area contributed by atoms with Crippen LogP contribution in [0.25, 0.3) is 17.3 Å². The number of rotatable bonds is 6. The molecular weight excluding hydrogens is 320 g/mol. The summed E-state index contributed by atoms with van der Waals surface area (Å²) >= 11 is 0. The summed E-state index contributed by atoms with van der Waals surface area (Å²) < 4.78 is 12.2. The van der Waals surface area contributed by atoms with Gasteiger partial charge in [0.15, 0.2) is 5.76 Å². The molecule has 0 saturated carbocycles. The highest BCUT2D eigenvalue weighted by Gasteiger charge is 2.12. The highest BCUT2D eigenvalue weighted by atomic mass is 16.5. The van der Waals surface area contributed by atoms with Crippen molar-refractivity contribution in [3.8, 4) is 17.3 Å². The van der Waals surface area contributed by atoms with Crippen LogP contribution in [0.2, 0.25) is 0 Å². The van der Waals surface area contributed by atoms with Crippen LogP contribution in [0.4, 0.5) is 0 Å². The topological polar surface area (TPSA) is 94.8 Å². The van der Waals surface area contributed by atoms with Gasteiger partial charge in [-0.2, -0.15) is 4.98 Å². The van der Waals surface area contributed by atoms with Gasteiger partial charge in [-0.25, -0.2) is 4.68 Å². The predicted octanol–water partition coefficient (Wildman–Crippen LogP) is 2.76. The second-order valence-electron chi connectivity index (χ2n) is 5.53. The Balaban J connectivity index is 1.38. The molecule has 8 nitrogen and oxygen atoms in total. The van der Waals surface area contributed by atoms with Crippen LogP contribution in [-0.4, -0.2) is 25.1 Å². The van der Waals surface area contributed by atoms with Crippen LogP contribution in [0.3, 0.4) is 0 Å². The number of hydrogen-bond acceptors (Lipinski definition) is 7. The molecule has 0 amide bonds. The van der Waals surface area contributed by atoms with Crippen molar-refractivity contribution in [3.05, 3.63) is 66.5 Å². The van der Waals surface area contributed by atoms with E-state index in [4.69, 9.17) is 8.94 Å². The number of furan rings is 1. The molecule has 4 rings (SSSR count). The zero-order chi connectivity index (χ0) is 17.1. The van der Waals surface area contributed by atoms with Crippen molar-refractivity contribution in [1.82, 2.24) is 30.5 Å². The molecule has 8 heteroatoms. The average Bonchev–Trinajstić information content (AvgIpc) is 3.42. The number of nitrogens with one attached hydrogen (secondary N) is 1. The van der Waals surface area contributed by atoms with Gasteiger partial charge < -0.3 is 14.3 Å². The lowest BCUT2D eigenvalue weighted by molar-refractivity contribution is 0.360. The second kappa shape index (κ2) is 6.70. The third-order valence-electron chi connectivity index (χ3n) is 3.85. The number of benzene rings is 1. The Labute approximate surface area is 143 Å². The molecule has 1 atom stereocenters. The quantitative estimate of drug-likeness (QED) is 0.578. The molecule has 1 aromatic carbocycles. The fourth-order valence-electron chi connectivity index (χ4n) is 2.45. The molecule has 4 aromatic rings. The summed E-state index contributed by atoms with van der Waals surface area (Å²) in [6.07, 6.45) is 5.04. The molecule has 0 bridgehead atoms. The molecule has 3 heterocycles. The molecule has 0 fully saturated rings. The van der Waals surface area contributed by atoms with Gasteiger partial charge in [-0.15, -0.1) is 5.10 Å². The third-order valence-corrected chi connectivity index (χ3v) is 3.85. The molecule has 25 heavy (non-hydrogen) atoms. The lowest BCUT2D eigenvalue weighted by Crippen LogP contribution is -2.18. The van der Waals surface area contributed by atoms with Crippen molar-refractivity contribution in [3.63, 3.8) is 0 Å². The van der Waals surface area contributed by atoms with Gasteiger partial charge in [-0.1, -0.05) is 22.5 Å². The van der Waals surface area contributed by atoms with Crippen molar-refractivity contribution in [2.75, 3.05) is 0 Å². The first kappa shape index (κ1) is 15.3. The zero-order valence-electron chi connectivity index (χ0n) is 13.5. The van der Waals surface area contributed by atoms with E-state index in [1.54, 1.807) is 29.3 Å². The maximum Gasteiger partial charge on any atom is 0.241 e. The van der Waals surface area contributed by atoms with Gasteiger partial charge in [-0.3, -0.25) is 0 Å². The van der Waals surface area contributed by atoms with Crippen LogP contribution in [0.15, 0.2) is 64.0 Å². The monoisotopic (exact) mass is 336 g/mol. The average molecular weight is 336 g/mol. The van der Waals surface area contributed by atoms with Crippen molar-refractivity contribution in [2.24, 2.45) is 0 Å². The smallest absolute Gasteiger partial charge is 0.241 e. The van der Waals surface area contributed by atoms with Crippen molar-refractivity contribution in [1.29, 1.82) is 0 Å². The molecule has 0 radical (unpaired) electrons. The third kappa shape index (κ3) is 3.33. The van der Waals surface area contributed by atoms with Crippen LogP contribution in [-0.2, 0) is 6.54 Å². The Morgan fingerprint density at radius 1 is 1.20 bits per heavy atom. The van der Waals surface area contributed by atoms with Gasteiger partial charge in [0.25, 0.3) is 0 Å². The lowest BCUT2D eigenvalue weighted by atomic mass is 10.1. The van der Waals surface area contributed by atoms with Crippen LogP contribution in [0, 0.1) is 0 Å². The molecule has 0 saturated heterocycles. The van der Waals surface area contributed by atoms with E-state index < -0.39 is 0 Å². The molecule has 0 aliphatic rings. The van der Waals surface area contributed by atoms with Crippen LogP contribution < -0.4 is 5.32 Å². The van der Waals surface area contributed by atoms with Crippen LogP contribution in [0.5, 0.6) is 0 Å². The fraction of sp³-hybridized carbons (Fsp3) is 0.176. The maximum absolute atomic E-state index is 5.25. The Morgan fingerprint density at radius 2 is 2.08 bits per heavy atom. The van der Waals surface area contributed by atoms with E-state index in [-0.39, 0.29) is 6.04 Å². The minimum atomic E-state index is 0.128. The van der Waals surface area contributed by atoms with E-state index in [0.29, 0.717) is 24.0 Å². The minimum Gasteiger partial charge on any atom is -0.461 e. The number of aromatic nitrogens is 5. The van der Waals surface area contributed by atoms with Gasteiger partial charge in [0.2, 0.25) is 11.7 Å². The van der Waals surface area contributed by atoms with Crippen molar-refractivity contribution < 1.29 is 8.94 Å². The molecule has 126 valence electrons. The summed E-state index contributed by atoms with van der Waals surface area (Å²) in [5, 5.41) is 15.1. The summed E-state index contributed by atoms with van der Waals surface area (Å²) in [4.78, 5) is 4.31. The first-order chi connectivity index (χ1) is 12.3. The fourth-order valence-corrected chi connectivity index (χ4v) is 2.45. The van der Waals surface area contributed by atoms with Gasteiger partial charge in [0, 0.05) is 6.04 Å². The Kier molecular flexibility index (Phi) is 4.09. The van der Waals surface area contributed by atoms with Crippen molar-refractivity contribution in [2.45, 2.75) is 19.5 Å². The van der Waals surface area contributed by atoms with E-state index in [0.717, 1.165) is 11.3 Å². The molecule has 3 aromatic heterocycles. The minimum absolute atomic E-state index is 0.128. The normalized spacial score (nSPS) is 12.4. The summed E-state index contributed by atoms with van der Waals surface area (Å²) in [5.41, 5.74) is 2.11.